The molecule has 2 N–H and O–H groups in total. The van der Waals surface area contributed by atoms with Gasteiger partial charge in [0.2, 0.25) is 5.91 Å². The Kier molecular flexibility index (Phi) is 15.1. The predicted molar refractivity (Wildman–Crippen MR) is 126 cm³/mol. The SMILES string of the molecule is CCCCCCCCCCCCCC(=O)NCC(=O)N/N=C\c1c(Cl)cccc1Cl. The average Bonchev–Trinajstić information content (AvgIpc) is 2.72. The van der Waals surface area contributed by atoms with Crippen molar-refractivity contribution in [2.45, 2.75) is 84.0 Å². The molecule has 168 valence electrons. The van der Waals surface area contributed by atoms with Gasteiger partial charge in [-0.2, -0.15) is 5.10 Å². The molecule has 0 radical (unpaired) electrons. The Hall–Kier alpha value is -1.59. The van der Waals surface area contributed by atoms with E-state index in [2.05, 4.69) is 22.8 Å². The van der Waals surface area contributed by atoms with Gasteiger partial charge >= 0.3 is 0 Å². The lowest BCUT2D eigenvalue weighted by molar-refractivity contribution is -0.126. The molecule has 0 unspecified atom stereocenters. The second-order valence-corrected chi connectivity index (χ2v) is 8.31. The van der Waals surface area contributed by atoms with Gasteiger partial charge < -0.3 is 5.32 Å². The highest BCUT2D eigenvalue weighted by molar-refractivity contribution is 6.38. The molecule has 0 aromatic heterocycles. The first-order valence-corrected chi connectivity index (χ1v) is 11.8. The van der Waals surface area contributed by atoms with Gasteiger partial charge in [0.1, 0.15) is 0 Å². The van der Waals surface area contributed by atoms with Crippen molar-refractivity contribution in [3.05, 3.63) is 33.8 Å². The van der Waals surface area contributed by atoms with Crippen LogP contribution in [0.25, 0.3) is 0 Å². The summed E-state index contributed by atoms with van der Waals surface area (Å²) in [7, 11) is 0. The highest BCUT2D eigenvalue weighted by atomic mass is 35.5. The number of rotatable bonds is 16. The zero-order valence-corrected chi connectivity index (χ0v) is 19.5. The van der Waals surface area contributed by atoms with Gasteiger partial charge in [0.05, 0.1) is 22.8 Å². The Morgan fingerprint density at radius 3 is 1.97 bits per heavy atom. The number of nitrogens with zero attached hydrogens (tertiary/aromatic N) is 1. The van der Waals surface area contributed by atoms with Crippen molar-refractivity contribution in [3.63, 3.8) is 0 Å². The van der Waals surface area contributed by atoms with E-state index in [1.165, 1.54) is 64.0 Å². The quantitative estimate of drug-likeness (QED) is 0.175. The van der Waals surface area contributed by atoms with Gasteiger partial charge in [-0.05, 0) is 18.6 Å². The van der Waals surface area contributed by atoms with E-state index in [1.54, 1.807) is 18.2 Å². The molecule has 5 nitrogen and oxygen atoms in total. The molecule has 30 heavy (non-hydrogen) atoms. The second-order valence-electron chi connectivity index (χ2n) is 7.49. The topological polar surface area (TPSA) is 70.6 Å². The molecule has 0 bridgehead atoms. The summed E-state index contributed by atoms with van der Waals surface area (Å²) in [5.74, 6) is -0.513. The average molecular weight is 456 g/mol. The van der Waals surface area contributed by atoms with Crippen LogP contribution in [0.1, 0.15) is 89.5 Å². The van der Waals surface area contributed by atoms with E-state index in [4.69, 9.17) is 23.2 Å². The summed E-state index contributed by atoms with van der Waals surface area (Å²) in [6, 6.07) is 5.10. The lowest BCUT2D eigenvalue weighted by Crippen LogP contribution is -2.34. The standard InChI is InChI=1S/C23H35Cl2N3O2/c1-2-3-4-5-6-7-8-9-10-11-12-16-22(29)26-18-23(30)28-27-17-19-20(24)14-13-15-21(19)25/h13-15,17H,2-12,16,18H2,1H3,(H,26,29)(H,28,30)/b27-17-. The summed E-state index contributed by atoms with van der Waals surface area (Å²) < 4.78 is 0. The van der Waals surface area contributed by atoms with E-state index in [1.807, 2.05) is 0 Å². The van der Waals surface area contributed by atoms with Gasteiger partial charge in [-0.15, -0.1) is 0 Å². The Bertz CT molecular complexity index is 646. The summed E-state index contributed by atoms with van der Waals surface area (Å²) in [5.41, 5.74) is 2.88. The normalized spacial score (nSPS) is 11.0. The molecule has 0 fully saturated rings. The van der Waals surface area contributed by atoms with E-state index in [-0.39, 0.29) is 12.5 Å². The molecular formula is C23H35Cl2N3O2. The van der Waals surface area contributed by atoms with Crippen molar-refractivity contribution in [2.75, 3.05) is 6.54 Å². The number of halogens is 2. The maximum Gasteiger partial charge on any atom is 0.259 e. The number of benzene rings is 1. The van der Waals surface area contributed by atoms with Crippen molar-refractivity contribution in [1.82, 2.24) is 10.7 Å². The fourth-order valence-electron chi connectivity index (χ4n) is 3.06. The summed E-state index contributed by atoms with van der Waals surface area (Å²) >= 11 is 12.0. The molecular weight excluding hydrogens is 421 g/mol. The number of carbonyl (C=O) groups excluding carboxylic acids is 2. The highest BCUT2D eigenvalue weighted by Crippen LogP contribution is 2.22. The van der Waals surface area contributed by atoms with Gasteiger partial charge in [-0.3, -0.25) is 9.59 Å². The maximum absolute atomic E-state index is 11.8. The Morgan fingerprint density at radius 2 is 1.40 bits per heavy atom. The number of hydrazone groups is 1. The first kappa shape index (κ1) is 26.4. The lowest BCUT2D eigenvalue weighted by Gasteiger charge is -2.05. The van der Waals surface area contributed by atoms with Crippen LogP contribution in [0.4, 0.5) is 0 Å². The van der Waals surface area contributed by atoms with Crippen LogP contribution in [-0.4, -0.2) is 24.6 Å². The van der Waals surface area contributed by atoms with Gasteiger partial charge in [0.25, 0.3) is 5.91 Å². The summed E-state index contributed by atoms with van der Waals surface area (Å²) in [4.78, 5) is 23.6. The van der Waals surface area contributed by atoms with Crippen LogP contribution in [0.2, 0.25) is 10.0 Å². The minimum atomic E-state index is -0.401. The molecule has 1 aromatic rings. The van der Waals surface area contributed by atoms with E-state index in [0.29, 0.717) is 22.0 Å². The highest BCUT2D eigenvalue weighted by Gasteiger charge is 2.06. The minimum Gasteiger partial charge on any atom is -0.347 e. The molecule has 0 atom stereocenters. The summed E-state index contributed by atoms with van der Waals surface area (Å²) in [6.07, 6.45) is 15.5. The minimum absolute atomic E-state index is 0.107. The first-order valence-electron chi connectivity index (χ1n) is 11.1. The molecule has 0 heterocycles. The molecule has 7 heteroatoms. The zero-order chi connectivity index (χ0) is 22.0. The number of hydrogen-bond donors (Lipinski definition) is 2. The monoisotopic (exact) mass is 455 g/mol. The molecule has 0 aliphatic heterocycles. The third-order valence-electron chi connectivity index (χ3n) is 4.84. The smallest absolute Gasteiger partial charge is 0.259 e. The number of nitrogens with one attached hydrogen (secondary N) is 2. The van der Waals surface area contributed by atoms with Crippen LogP contribution in [0.3, 0.4) is 0 Å². The van der Waals surface area contributed by atoms with Gasteiger partial charge in [-0.25, -0.2) is 5.43 Å². The van der Waals surface area contributed by atoms with E-state index >= 15 is 0 Å². The van der Waals surface area contributed by atoms with Crippen molar-refractivity contribution in [1.29, 1.82) is 0 Å². The molecule has 0 aliphatic carbocycles. The van der Waals surface area contributed by atoms with Crippen LogP contribution in [0, 0.1) is 0 Å². The zero-order valence-electron chi connectivity index (χ0n) is 18.0. The van der Waals surface area contributed by atoms with Crippen LogP contribution >= 0.6 is 23.2 Å². The predicted octanol–water partition coefficient (Wildman–Crippen LogP) is 6.26. The van der Waals surface area contributed by atoms with E-state index in [0.717, 1.165) is 12.8 Å². The molecule has 0 saturated heterocycles. The molecule has 2 amide bonds. The maximum atomic E-state index is 11.8. The lowest BCUT2D eigenvalue weighted by atomic mass is 10.1. The third-order valence-corrected chi connectivity index (χ3v) is 5.50. The number of unbranched alkanes of at least 4 members (excludes halogenated alkanes) is 10. The summed E-state index contributed by atoms with van der Waals surface area (Å²) in [6.45, 7) is 2.13. The van der Waals surface area contributed by atoms with Crippen LogP contribution in [0.15, 0.2) is 23.3 Å². The fraction of sp³-hybridized carbons (Fsp3) is 0.609. The van der Waals surface area contributed by atoms with Gasteiger partial charge in [-0.1, -0.05) is 100 Å². The number of hydrogen-bond acceptors (Lipinski definition) is 3. The van der Waals surface area contributed by atoms with Crippen molar-refractivity contribution >= 4 is 41.2 Å². The Morgan fingerprint density at radius 1 is 0.867 bits per heavy atom. The van der Waals surface area contributed by atoms with Crippen molar-refractivity contribution in [3.8, 4) is 0 Å². The van der Waals surface area contributed by atoms with E-state index in [9.17, 15) is 9.59 Å². The largest absolute Gasteiger partial charge is 0.347 e. The van der Waals surface area contributed by atoms with Gasteiger partial charge in [0.15, 0.2) is 0 Å². The Balaban J connectivity index is 2.02. The van der Waals surface area contributed by atoms with Crippen LogP contribution in [-0.2, 0) is 9.59 Å². The van der Waals surface area contributed by atoms with Crippen molar-refractivity contribution in [2.24, 2.45) is 5.10 Å². The van der Waals surface area contributed by atoms with E-state index < -0.39 is 5.91 Å². The van der Waals surface area contributed by atoms with Crippen LogP contribution in [0.5, 0.6) is 0 Å². The first-order chi connectivity index (χ1) is 14.5. The molecule has 0 saturated carbocycles. The third kappa shape index (κ3) is 12.9. The molecule has 0 aliphatic rings. The summed E-state index contributed by atoms with van der Waals surface area (Å²) in [5, 5.41) is 7.33. The number of carbonyl (C=O) groups is 2. The van der Waals surface area contributed by atoms with Crippen LogP contribution < -0.4 is 10.7 Å². The molecule has 1 rings (SSSR count). The van der Waals surface area contributed by atoms with Crippen molar-refractivity contribution < 1.29 is 9.59 Å². The second kappa shape index (κ2) is 17.1. The molecule has 1 aromatic carbocycles. The van der Waals surface area contributed by atoms with Gasteiger partial charge in [0, 0.05) is 12.0 Å². The Labute approximate surface area is 191 Å². The number of amides is 2. The molecule has 0 spiro atoms. The fourth-order valence-corrected chi connectivity index (χ4v) is 3.55.